The van der Waals surface area contributed by atoms with Crippen LogP contribution in [-0.4, -0.2) is 36.1 Å². The highest BCUT2D eigenvalue weighted by atomic mass is 15.2. The highest BCUT2D eigenvalue weighted by molar-refractivity contribution is 5.16. The summed E-state index contributed by atoms with van der Waals surface area (Å²) < 4.78 is 0. The quantitative estimate of drug-likeness (QED) is 0.837. The van der Waals surface area contributed by atoms with E-state index in [1.165, 1.54) is 31.5 Å². The van der Waals surface area contributed by atoms with Crippen molar-refractivity contribution >= 4 is 0 Å². The molecule has 3 nitrogen and oxygen atoms in total. The number of aromatic nitrogens is 1. The Morgan fingerprint density at radius 2 is 2.25 bits per heavy atom. The zero-order valence-corrected chi connectivity index (χ0v) is 10.0. The van der Waals surface area contributed by atoms with Crippen molar-refractivity contribution in [2.75, 3.05) is 26.2 Å². The Kier molecular flexibility index (Phi) is 4.31. The molecule has 1 aromatic heterocycles. The summed E-state index contributed by atoms with van der Waals surface area (Å²) in [6.07, 6.45) is 6.34. The average molecular weight is 219 g/mol. The molecule has 88 valence electrons. The molecule has 1 saturated heterocycles. The predicted molar refractivity (Wildman–Crippen MR) is 66.3 cm³/mol. The number of hydrogen-bond donors (Lipinski definition) is 1. The van der Waals surface area contributed by atoms with Gasteiger partial charge in [0.2, 0.25) is 0 Å². The van der Waals surface area contributed by atoms with Crippen LogP contribution in [0.15, 0.2) is 24.5 Å². The van der Waals surface area contributed by atoms with Crippen molar-refractivity contribution in [3.63, 3.8) is 0 Å². The lowest BCUT2D eigenvalue weighted by molar-refractivity contribution is 0.198. The van der Waals surface area contributed by atoms with Crippen molar-refractivity contribution in [3.05, 3.63) is 30.1 Å². The van der Waals surface area contributed by atoms with Gasteiger partial charge in [-0.3, -0.25) is 4.98 Å². The molecular formula is C13H21N3. The Morgan fingerprint density at radius 1 is 1.44 bits per heavy atom. The third kappa shape index (κ3) is 3.03. The minimum absolute atomic E-state index is 0.480. The van der Waals surface area contributed by atoms with Crippen LogP contribution in [0.3, 0.4) is 0 Å². The maximum absolute atomic E-state index is 4.07. The fourth-order valence-electron chi connectivity index (χ4n) is 2.21. The van der Waals surface area contributed by atoms with Crippen LogP contribution in [0.4, 0.5) is 0 Å². The fourth-order valence-corrected chi connectivity index (χ4v) is 2.21. The normalized spacial score (nSPS) is 22.2. The van der Waals surface area contributed by atoms with Gasteiger partial charge in [-0.15, -0.1) is 0 Å². The van der Waals surface area contributed by atoms with Gasteiger partial charge < -0.3 is 10.2 Å². The summed E-state index contributed by atoms with van der Waals surface area (Å²) in [6.45, 7) is 6.89. The average Bonchev–Trinajstić information content (AvgIpc) is 2.38. The minimum Gasteiger partial charge on any atom is -0.308 e. The van der Waals surface area contributed by atoms with Crippen LogP contribution in [0.2, 0.25) is 0 Å². The number of piperazine rings is 1. The summed E-state index contributed by atoms with van der Waals surface area (Å²) in [5, 5.41) is 3.57. The summed E-state index contributed by atoms with van der Waals surface area (Å²) in [4.78, 5) is 6.63. The Balaban J connectivity index is 1.91. The Bertz CT molecular complexity index is 299. The molecule has 1 aromatic rings. The molecule has 1 aliphatic heterocycles. The van der Waals surface area contributed by atoms with Crippen LogP contribution in [-0.2, 0) is 0 Å². The zero-order chi connectivity index (χ0) is 11.2. The molecule has 0 amide bonds. The van der Waals surface area contributed by atoms with Crippen molar-refractivity contribution in [1.82, 2.24) is 15.2 Å². The highest BCUT2D eigenvalue weighted by Crippen LogP contribution is 2.16. The first-order valence-electron chi connectivity index (χ1n) is 6.26. The van der Waals surface area contributed by atoms with Gasteiger partial charge in [0.15, 0.2) is 0 Å². The maximum atomic E-state index is 4.07. The summed E-state index contributed by atoms with van der Waals surface area (Å²) in [5.74, 6) is 0. The topological polar surface area (TPSA) is 28.2 Å². The zero-order valence-electron chi connectivity index (χ0n) is 10.0. The number of nitrogens with one attached hydrogen (secondary N) is 1. The Labute approximate surface area is 97.9 Å². The molecule has 3 heteroatoms. The molecule has 1 N–H and O–H groups in total. The monoisotopic (exact) mass is 219 g/mol. The molecule has 1 atom stereocenters. The molecule has 0 radical (unpaired) electrons. The number of pyridine rings is 1. The minimum atomic E-state index is 0.480. The van der Waals surface area contributed by atoms with Crippen LogP contribution < -0.4 is 5.32 Å². The van der Waals surface area contributed by atoms with E-state index in [0.29, 0.717) is 6.04 Å². The molecule has 0 spiro atoms. The molecule has 1 aliphatic rings. The smallest absolute Gasteiger partial charge is 0.0450 e. The van der Waals surface area contributed by atoms with E-state index < -0.39 is 0 Å². The molecule has 2 heterocycles. The van der Waals surface area contributed by atoms with Crippen LogP contribution in [0.5, 0.6) is 0 Å². The van der Waals surface area contributed by atoms with E-state index in [1.807, 2.05) is 12.4 Å². The van der Waals surface area contributed by atoms with Crippen LogP contribution in [0.1, 0.15) is 31.4 Å². The molecule has 0 saturated carbocycles. The van der Waals surface area contributed by atoms with Crippen LogP contribution in [0.25, 0.3) is 0 Å². The largest absolute Gasteiger partial charge is 0.308 e. The summed E-state index contributed by atoms with van der Waals surface area (Å²) in [7, 11) is 0. The van der Waals surface area contributed by atoms with Gasteiger partial charge in [0.25, 0.3) is 0 Å². The van der Waals surface area contributed by atoms with E-state index in [0.717, 1.165) is 13.1 Å². The van der Waals surface area contributed by atoms with Gasteiger partial charge in [-0.2, -0.15) is 0 Å². The van der Waals surface area contributed by atoms with Crippen molar-refractivity contribution in [2.45, 2.75) is 25.8 Å². The van der Waals surface area contributed by atoms with Gasteiger partial charge >= 0.3 is 0 Å². The molecular weight excluding hydrogens is 198 g/mol. The van der Waals surface area contributed by atoms with Gasteiger partial charge in [0.1, 0.15) is 0 Å². The standard InChI is InChI=1S/C13H21N3/c1-2-3-9-16-10-8-15-13(11-16)12-4-6-14-7-5-12/h4-7,13,15H,2-3,8-11H2,1H3. The predicted octanol–water partition coefficient (Wildman–Crippen LogP) is 1.83. The van der Waals surface area contributed by atoms with Crippen molar-refractivity contribution in [3.8, 4) is 0 Å². The van der Waals surface area contributed by atoms with Gasteiger partial charge in [0.05, 0.1) is 0 Å². The maximum Gasteiger partial charge on any atom is 0.0450 e. The first-order valence-corrected chi connectivity index (χ1v) is 6.26. The third-order valence-corrected chi connectivity index (χ3v) is 3.20. The van der Waals surface area contributed by atoms with E-state index >= 15 is 0 Å². The second-order valence-electron chi connectivity index (χ2n) is 4.44. The van der Waals surface area contributed by atoms with Gasteiger partial charge in [0, 0.05) is 38.1 Å². The molecule has 16 heavy (non-hydrogen) atoms. The van der Waals surface area contributed by atoms with Gasteiger partial charge in [-0.25, -0.2) is 0 Å². The second kappa shape index (κ2) is 5.97. The third-order valence-electron chi connectivity index (χ3n) is 3.20. The first kappa shape index (κ1) is 11.6. The fraction of sp³-hybridized carbons (Fsp3) is 0.615. The molecule has 0 aromatic carbocycles. The van der Waals surface area contributed by atoms with Crippen molar-refractivity contribution in [2.24, 2.45) is 0 Å². The number of nitrogens with zero attached hydrogens (tertiary/aromatic N) is 2. The molecule has 1 fully saturated rings. The Hall–Kier alpha value is -0.930. The SMILES string of the molecule is CCCCN1CCNC(c2ccncc2)C1. The Morgan fingerprint density at radius 3 is 3.00 bits per heavy atom. The van der Waals surface area contributed by atoms with Crippen molar-refractivity contribution < 1.29 is 0 Å². The van der Waals surface area contributed by atoms with E-state index in [2.05, 4.69) is 34.3 Å². The van der Waals surface area contributed by atoms with Crippen LogP contribution >= 0.6 is 0 Å². The van der Waals surface area contributed by atoms with Gasteiger partial charge in [-0.1, -0.05) is 13.3 Å². The van der Waals surface area contributed by atoms with Gasteiger partial charge in [-0.05, 0) is 30.7 Å². The highest BCUT2D eigenvalue weighted by Gasteiger charge is 2.19. The van der Waals surface area contributed by atoms with E-state index in [9.17, 15) is 0 Å². The molecule has 0 bridgehead atoms. The first-order chi connectivity index (χ1) is 7.90. The molecule has 0 aliphatic carbocycles. The number of hydrogen-bond acceptors (Lipinski definition) is 3. The number of unbranched alkanes of at least 4 members (excludes halogenated alkanes) is 1. The van der Waals surface area contributed by atoms with Crippen molar-refractivity contribution in [1.29, 1.82) is 0 Å². The van der Waals surface area contributed by atoms with Crippen LogP contribution in [0, 0.1) is 0 Å². The summed E-state index contributed by atoms with van der Waals surface area (Å²) >= 11 is 0. The number of rotatable bonds is 4. The second-order valence-corrected chi connectivity index (χ2v) is 4.44. The molecule has 2 rings (SSSR count). The lowest BCUT2D eigenvalue weighted by Gasteiger charge is -2.33. The van der Waals surface area contributed by atoms with E-state index in [1.54, 1.807) is 0 Å². The van der Waals surface area contributed by atoms with E-state index in [4.69, 9.17) is 0 Å². The summed E-state index contributed by atoms with van der Waals surface area (Å²) in [6, 6.07) is 4.70. The lowest BCUT2D eigenvalue weighted by Crippen LogP contribution is -2.45. The molecule has 1 unspecified atom stereocenters. The lowest BCUT2D eigenvalue weighted by atomic mass is 10.1. The summed E-state index contributed by atoms with van der Waals surface area (Å²) in [5.41, 5.74) is 1.36. The van der Waals surface area contributed by atoms with E-state index in [-0.39, 0.29) is 0 Å².